The molecule has 0 aromatic heterocycles. The predicted molar refractivity (Wildman–Crippen MR) is 58.3 cm³/mol. The Morgan fingerprint density at radius 3 is 2.33 bits per heavy atom. The highest BCUT2D eigenvalue weighted by Gasteiger charge is 2.18. The predicted octanol–water partition coefficient (Wildman–Crippen LogP) is 3.08. The van der Waals surface area contributed by atoms with Crippen molar-refractivity contribution in [3.63, 3.8) is 0 Å². The SMILES string of the molecule is C[Si](C)(CCl)Nc1ccccc1. The number of benzene rings is 1. The van der Waals surface area contributed by atoms with Crippen LogP contribution in [-0.2, 0) is 0 Å². The first kappa shape index (κ1) is 9.61. The number of nitrogens with one attached hydrogen (secondary N) is 1. The summed E-state index contributed by atoms with van der Waals surface area (Å²) in [5.74, 6) is 0. The first-order valence-corrected chi connectivity index (χ1v) is 7.77. The number of para-hydroxylation sites is 1. The largest absolute Gasteiger partial charge is 0.410 e. The average Bonchev–Trinajstić information content (AvgIpc) is 2.06. The summed E-state index contributed by atoms with van der Waals surface area (Å²) in [6.45, 7) is 4.43. The minimum absolute atomic E-state index is 0.738. The van der Waals surface area contributed by atoms with Crippen molar-refractivity contribution in [3.05, 3.63) is 30.3 Å². The van der Waals surface area contributed by atoms with E-state index < -0.39 is 8.24 Å². The van der Waals surface area contributed by atoms with Gasteiger partial charge in [-0.2, -0.15) is 0 Å². The highest BCUT2D eigenvalue weighted by Crippen LogP contribution is 2.12. The zero-order chi connectivity index (χ0) is 9.03. The maximum atomic E-state index is 5.84. The van der Waals surface area contributed by atoms with Gasteiger partial charge in [-0.15, -0.1) is 11.6 Å². The van der Waals surface area contributed by atoms with E-state index in [1.54, 1.807) is 0 Å². The second kappa shape index (κ2) is 3.96. The Morgan fingerprint density at radius 1 is 1.25 bits per heavy atom. The van der Waals surface area contributed by atoms with E-state index in [-0.39, 0.29) is 0 Å². The van der Waals surface area contributed by atoms with Crippen LogP contribution in [-0.4, -0.2) is 13.7 Å². The van der Waals surface area contributed by atoms with Crippen molar-refractivity contribution in [2.24, 2.45) is 0 Å². The number of hydrogen-bond donors (Lipinski definition) is 1. The van der Waals surface area contributed by atoms with Gasteiger partial charge < -0.3 is 4.98 Å². The van der Waals surface area contributed by atoms with Crippen molar-refractivity contribution >= 4 is 25.5 Å². The Bertz CT molecular complexity index is 236. The second-order valence-electron chi connectivity index (χ2n) is 3.51. The second-order valence-corrected chi connectivity index (χ2v) is 8.60. The first-order chi connectivity index (χ1) is 5.64. The van der Waals surface area contributed by atoms with Crippen molar-refractivity contribution < 1.29 is 0 Å². The fourth-order valence-electron chi connectivity index (χ4n) is 0.946. The molecule has 1 rings (SSSR count). The van der Waals surface area contributed by atoms with Gasteiger partial charge in [0, 0.05) is 11.2 Å². The molecule has 12 heavy (non-hydrogen) atoms. The molecule has 1 nitrogen and oxygen atoms in total. The zero-order valence-electron chi connectivity index (χ0n) is 7.47. The van der Waals surface area contributed by atoms with E-state index in [4.69, 9.17) is 11.6 Å². The van der Waals surface area contributed by atoms with Crippen LogP contribution in [0.2, 0.25) is 13.1 Å². The van der Waals surface area contributed by atoms with Gasteiger partial charge in [-0.3, -0.25) is 0 Å². The van der Waals surface area contributed by atoms with Crippen molar-refractivity contribution in [2.45, 2.75) is 13.1 Å². The van der Waals surface area contributed by atoms with Crippen LogP contribution in [0.15, 0.2) is 30.3 Å². The van der Waals surface area contributed by atoms with Gasteiger partial charge >= 0.3 is 0 Å². The van der Waals surface area contributed by atoms with Crippen LogP contribution in [0.5, 0.6) is 0 Å². The fraction of sp³-hybridized carbons (Fsp3) is 0.333. The molecule has 0 bridgehead atoms. The van der Waals surface area contributed by atoms with Crippen LogP contribution in [0.4, 0.5) is 5.69 Å². The lowest BCUT2D eigenvalue weighted by atomic mass is 10.3. The molecule has 0 amide bonds. The molecule has 0 fully saturated rings. The number of anilines is 1. The Morgan fingerprint density at radius 2 is 1.83 bits per heavy atom. The van der Waals surface area contributed by atoms with Crippen LogP contribution < -0.4 is 4.98 Å². The Labute approximate surface area is 79.8 Å². The van der Waals surface area contributed by atoms with E-state index in [1.807, 2.05) is 18.2 Å². The number of alkyl halides is 1. The average molecular weight is 200 g/mol. The van der Waals surface area contributed by atoms with Gasteiger partial charge in [0.25, 0.3) is 0 Å². The molecule has 1 aromatic rings. The molecule has 0 aliphatic heterocycles. The van der Waals surface area contributed by atoms with E-state index in [0.717, 1.165) is 5.50 Å². The number of rotatable bonds is 3. The third-order valence-corrected chi connectivity index (χ3v) is 5.23. The monoisotopic (exact) mass is 199 g/mol. The third-order valence-electron chi connectivity index (χ3n) is 1.59. The highest BCUT2D eigenvalue weighted by atomic mass is 35.5. The van der Waals surface area contributed by atoms with Crippen LogP contribution in [0.1, 0.15) is 0 Å². The summed E-state index contributed by atoms with van der Waals surface area (Å²) in [6, 6.07) is 10.2. The van der Waals surface area contributed by atoms with Crippen LogP contribution >= 0.6 is 11.6 Å². The van der Waals surface area contributed by atoms with E-state index in [1.165, 1.54) is 5.69 Å². The molecule has 0 heterocycles. The fourth-order valence-corrected chi connectivity index (χ4v) is 2.16. The minimum atomic E-state index is -1.40. The molecule has 1 N–H and O–H groups in total. The maximum Gasteiger partial charge on any atom is 0.162 e. The summed E-state index contributed by atoms with van der Waals surface area (Å²) < 4.78 is 0. The van der Waals surface area contributed by atoms with Crippen molar-refractivity contribution in [3.8, 4) is 0 Å². The van der Waals surface area contributed by atoms with Gasteiger partial charge in [0.1, 0.15) is 0 Å². The Hall–Kier alpha value is -0.473. The zero-order valence-corrected chi connectivity index (χ0v) is 9.23. The topological polar surface area (TPSA) is 12.0 Å². The van der Waals surface area contributed by atoms with Gasteiger partial charge in [0.15, 0.2) is 8.24 Å². The molecule has 0 saturated heterocycles. The lowest BCUT2D eigenvalue weighted by Crippen LogP contribution is -2.39. The molecule has 1 aromatic carbocycles. The van der Waals surface area contributed by atoms with Crippen LogP contribution in [0.25, 0.3) is 0 Å². The van der Waals surface area contributed by atoms with Gasteiger partial charge in [-0.25, -0.2) is 0 Å². The molecular formula is C9H14ClNSi. The first-order valence-electron chi connectivity index (χ1n) is 4.03. The summed E-state index contributed by atoms with van der Waals surface area (Å²) in [5, 5.41) is 0. The summed E-state index contributed by atoms with van der Waals surface area (Å²) in [5.41, 5.74) is 1.91. The van der Waals surface area contributed by atoms with Gasteiger partial charge in [0.05, 0.1) is 0 Å². The molecule has 0 atom stereocenters. The smallest absolute Gasteiger partial charge is 0.162 e. The van der Waals surface area contributed by atoms with E-state index in [9.17, 15) is 0 Å². The number of halogens is 1. The van der Waals surface area contributed by atoms with Crippen molar-refractivity contribution in [1.29, 1.82) is 0 Å². The lowest BCUT2D eigenvalue weighted by Gasteiger charge is -2.21. The normalized spacial score (nSPS) is 11.2. The summed E-state index contributed by atoms with van der Waals surface area (Å²) in [7, 11) is -1.40. The van der Waals surface area contributed by atoms with Crippen LogP contribution in [0, 0.1) is 0 Å². The molecule has 0 unspecified atom stereocenters. The highest BCUT2D eigenvalue weighted by molar-refractivity contribution is 6.85. The summed E-state index contributed by atoms with van der Waals surface area (Å²) in [6.07, 6.45) is 0. The van der Waals surface area contributed by atoms with Crippen molar-refractivity contribution in [1.82, 2.24) is 0 Å². The lowest BCUT2D eigenvalue weighted by molar-refractivity contribution is 1.56. The third kappa shape index (κ3) is 2.87. The molecule has 0 aliphatic carbocycles. The molecule has 0 saturated carbocycles. The molecule has 0 radical (unpaired) electrons. The van der Waals surface area contributed by atoms with Gasteiger partial charge in [0.2, 0.25) is 0 Å². The van der Waals surface area contributed by atoms with E-state index in [2.05, 4.69) is 30.2 Å². The molecule has 0 spiro atoms. The van der Waals surface area contributed by atoms with Crippen molar-refractivity contribution in [2.75, 3.05) is 10.5 Å². The van der Waals surface area contributed by atoms with Gasteiger partial charge in [-0.05, 0) is 12.1 Å². The standard InChI is InChI=1S/C9H14ClNSi/c1-12(2,8-10)11-9-6-4-3-5-7-9/h3-7,11H,8H2,1-2H3. The van der Waals surface area contributed by atoms with Gasteiger partial charge in [-0.1, -0.05) is 31.3 Å². The number of hydrogen-bond acceptors (Lipinski definition) is 1. The minimum Gasteiger partial charge on any atom is -0.410 e. The molecular weight excluding hydrogens is 186 g/mol. The van der Waals surface area contributed by atoms with E-state index in [0.29, 0.717) is 0 Å². The Kier molecular flexibility index (Phi) is 3.17. The maximum absolute atomic E-state index is 5.84. The Balaban J connectivity index is 2.64. The molecule has 66 valence electrons. The quantitative estimate of drug-likeness (QED) is 0.583. The summed E-state index contributed by atoms with van der Waals surface area (Å²) >= 11 is 5.84. The van der Waals surface area contributed by atoms with E-state index >= 15 is 0 Å². The van der Waals surface area contributed by atoms with Crippen LogP contribution in [0.3, 0.4) is 0 Å². The molecule has 3 heteroatoms. The molecule has 0 aliphatic rings. The summed E-state index contributed by atoms with van der Waals surface area (Å²) in [4.78, 5) is 3.47.